The van der Waals surface area contributed by atoms with Gasteiger partial charge in [0.1, 0.15) is 0 Å². The molecular formula is C31H40AsClN5O6S. The van der Waals surface area contributed by atoms with E-state index in [-0.39, 0.29) is 22.4 Å². The van der Waals surface area contributed by atoms with Crippen molar-refractivity contribution in [2.45, 2.75) is 36.8 Å². The molecule has 243 valence electrons. The molecule has 1 radical (unpaired) electrons. The van der Waals surface area contributed by atoms with Crippen molar-refractivity contribution in [1.29, 1.82) is 0 Å². The number of ether oxygens (including phenoxy) is 3. The quantitative estimate of drug-likeness (QED) is 0.208. The van der Waals surface area contributed by atoms with Crippen molar-refractivity contribution >= 4 is 63.6 Å². The second-order valence-electron chi connectivity index (χ2n) is 11.1. The number of hydrogen-bond donors (Lipinski definition) is 1. The molecule has 11 nitrogen and oxygen atoms in total. The van der Waals surface area contributed by atoms with E-state index >= 15 is 0 Å². The van der Waals surface area contributed by atoms with E-state index in [0.29, 0.717) is 35.0 Å². The fourth-order valence-electron chi connectivity index (χ4n) is 4.69. The number of likely N-dealkylation sites (N-methyl/N-ethyl adjacent to an activating group) is 1. The van der Waals surface area contributed by atoms with Gasteiger partial charge < -0.3 is 0 Å². The van der Waals surface area contributed by atoms with Crippen LogP contribution in [-0.2, 0) is 32.2 Å². The molecule has 1 aliphatic rings. The van der Waals surface area contributed by atoms with Crippen molar-refractivity contribution in [2.24, 2.45) is 0 Å². The Hall–Kier alpha value is -2.89. The van der Waals surface area contributed by atoms with Crippen molar-refractivity contribution in [1.82, 2.24) is 19.8 Å². The number of hydrogen-bond acceptors (Lipinski definition) is 10. The molecule has 0 unspecified atom stereocenters. The second-order valence-corrected chi connectivity index (χ2v) is 16.3. The zero-order chi connectivity index (χ0) is 32.7. The monoisotopic (exact) mass is 720 g/mol. The Balaban J connectivity index is 1.59. The summed E-state index contributed by atoms with van der Waals surface area (Å²) in [6.07, 6.45) is 3.17. The van der Waals surface area contributed by atoms with Crippen LogP contribution in [0.5, 0.6) is 11.5 Å². The van der Waals surface area contributed by atoms with Crippen molar-refractivity contribution in [3.63, 3.8) is 0 Å². The van der Waals surface area contributed by atoms with Crippen LogP contribution in [0.1, 0.15) is 25.0 Å². The fourth-order valence-corrected chi connectivity index (χ4v) is 8.07. The first kappa shape index (κ1) is 35.0. The van der Waals surface area contributed by atoms with Gasteiger partial charge in [-0.25, -0.2) is 0 Å². The van der Waals surface area contributed by atoms with Gasteiger partial charge >= 0.3 is 271 Å². The molecule has 2 aromatic carbocycles. The summed E-state index contributed by atoms with van der Waals surface area (Å²) in [7, 11) is 3.09. The number of sulfone groups is 1. The predicted octanol–water partition coefficient (Wildman–Crippen LogP) is 2.23. The van der Waals surface area contributed by atoms with Crippen LogP contribution in [-0.4, -0.2) is 116 Å². The first-order valence-electron chi connectivity index (χ1n) is 14.6. The number of aromatic nitrogens is 2. The number of nitrogens with zero attached hydrogens (tertiary/aromatic N) is 4. The summed E-state index contributed by atoms with van der Waals surface area (Å²) >= 11 is 5.81. The number of benzene rings is 2. The number of anilines is 2. The first-order chi connectivity index (χ1) is 21.4. The summed E-state index contributed by atoms with van der Waals surface area (Å²) in [5, 5.41) is 2.74. The predicted molar refractivity (Wildman–Crippen MR) is 177 cm³/mol. The van der Waals surface area contributed by atoms with E-state index < -0.39 is 30.8 Å². The first-order valence-corrected chi connectivity index (χ1v) is 18.4. The van der Waals surface area contributed by atoms with Crippen LogP contribution in [0.3, 0.4) is 0 Å². The second kappa shape index (κ2) is 15.6. The number of nitrogens with one attached hydrogen (secondary N) is 1. The van der Waals surface area contributed by atoms with E-state index in [1.807, 2.05) is 0 Å². The van der Waals surface area contributed by atoms with Crippen LogP contribution in [0.4, 0.5) is 11.5 Å². The van der Waals surface area contributed by atoms with Gasteiger partial charge in [0.25, 0.3) is 0 Å². The molecule has 0 aliphatic carbocycles. The minimum absolute atomic E-state index is 0.0886. The molecular weight excluding hydrogens is 681 g/mol. The Morgan fingerprint density at radius 2 is 1.82 bits per heavy atom. The van der Waals surface area contributed by atoms with Crippen LogP contribution in [0.2, 0.25) is 5.02 Å². The standard InChI is InChI=1S/C31H40AsClN5O6S/c1-20(2)45(40,41)28-17-23(44-14-13-42-5)7-8-26(28)35-30-25(33)18-34-31(36-30)32-24-15-21-9-11-38(19-29(39)37(3)4)12-10-22(21)16-27(24)43-6/h7-8,15-18,20H,9-14,19H2,1-6H3,(H,34,35,36). The molecule has 4 rings (SSSR count). The van der Waals surface area contributed by atoms with Crippen molar-refractivity contribution < 1.29 is 27.4 Å². The van der Waals surface area contributed by atoms with Gasteiger partial charge in [-0.2, -0.15) is 0 Å². The zero-order valence-corrected chi connectivity index (χ0v) is 29.9. The number of fused-ring (bicyclic) bond motifs is 1. The van der Waals surface area contributed by atoms with E-state index in [0.717, 1.165) is 36.0 Å². The van der Waals surface area contributed by atoms with Gasteiger partial charge in [-0.15, -0.1) is 0 Å². The van der Waals surface area contributed by atoms with Crippen molar-refractivity contribution in [3.8, 4) is 11.5 Å². The molecule has 0 spiro atoms. The number of carbonyl (C=O) groups excluding carboxylic acids is 1. The minimum atomic E-state index is -3.68. The molecule has 1 amide bonds. The van der Waals surface area contributed by atoms with Crippen LogP contribution < -0.4 is 23.8 Å². The topological polar surface area (TPSA) is 123 Å². The molecule has 0 saturated heterocycles. The fraction of sp³-hybridized carbons (Fsp3) is 0.452. The molecule has 0 saturated carbocycles. The van der Waals surface area contributed by atoms with E-state index in [1.54, 1.807) is 59.2 Å². The molecule has 0 bridgehead atoms. The molecule has 0 fully saturated rings. The van der Waals surface area contributed by atoms with Gasteiger partial charge in [-0.05, 0) is 0 Å². The van der Waals surface area contributed by atoms with E-state index in [4.69, 9.17) is 30.8 Å². The normalized spacial score (nSPS) is 14.0. The summed E-state index contributed by atoms with van der Waals surface area (Å²) in [6, 6.07) is 9.11. The van der Waals surface area contributed by atoms with Gasteiger partial charge in [0.15, 0.2) is 0 Å². The van der Waals surface area contributed by atoms with Crippen LogP contribution >= 0.6 is 11.6 Å². The molecule has 1 N–H and O–H groups in total. The molecule has 45 heavy (non-hydrogen) atoms. The molecule has 3 aromatic rings. The van der Waals surface area contributed by atoms with E-state index in [2.05, 4.69) is 27.3 Å². The van der Waals surface area contributed by atoms with E-state index in [1.165, 1.54) is 23.4 Å². The number of methoxy groups -OCH3 is 2. The Kier molecular flexibility index (Phi) is 12.1. The Bertz CT molecular complexity index is 1620. The summed E-state index contributed by atoms with van der Waals surface area (Å²) < 4.78 is 44.7. The summed E-state index contributed by atoms with van der Waals surface area (Å²) in [6.45, 7) is 5.91. The Morgan fingerprint density at radius 3 is 2.47 bits per heavy atom. The average molecular weight is 721 g/mol. The summed E-state index contributed by atoms with van der Waals surface area (Å²) in [4.78, 5) is 25.4. The number of halogens is 1. The van der Waals surface area contributed by atoms with Crippen LogP contribution in [0.25, 0.3) is 0 Å². The molecule has 2 heterocycles. The Morgan fingerprint density at radius 1 is 1.11 bits per heavy atom. The average Bonchev–Trinajstić information content (AvgIpc) is 3.20. The van der Waals surface area contributed by atoms with Gasteiger partial charge in [0.2, 0.25) is 0 Å². The number of amides is 1. The zero-order valence-electron chi connectivity index (χ0n) is 26.5. The molecule has 14 heteroatoms. The van der Waals surface area contributed by atoms with Crippen molar-refractivity contribution in [3.05, 3.63) is 52.7 Å². The Labute approximate surface area is 277 Å². The summed E-state index contributed by atoms with van der Waals surface area (Å²) in [5.74, 6) is 1.59. The third-order valence-electron chi connectivity index (χ3n) is 7.39. The number of rotatable bonds is 13. The van der Waals surface area contributed by atoms with Gasteiger partial charge in [-0.3, -0.25) is 0 Å². The SMILES string of the molecule is COCCOc1ccc(Nc2nc([As]c3cc4c(cc3OC)CCN(CC(=O)N(C)C)CC4)ncc2Cl)c(S(=O)(=O)C(C)C)c1. The molecule has 1 aromatic heterocycles. The maximum atomic E-state index is 13.3. The third-order valence-corrected chi connectivity index (χ3v) is 12.0. The van der Waals surface area contributed by atoms with Crippen LogP contribution in [0.15, 0.2) is 41.4 Å². The van der Waals surface area contributed by atoms with Crippen molar-refractivity contribution in [2.75, 3.05) is 66.5 Å². The van der Waals surface area contributed by atoms with E-state index in [9.17, 15) is 13.2 Å². The van der Waals surface area contributed by atoms with Gasteiger partial charge in [0.05, 0.1) is 0 Å². The molecule has 0 atom stereocenters. The maximum absolute atomic E-state index is 13.3. The van der Waals surface area contributed by atoms with Gasteiger partial charge in [-0.1, -0.05) is 0 Å². The number of carbonyl (C=O) groups is 1. The van der Waals surface area contributed by atoms with Crippen LogP contribution in [0, 0.1) is 0 Å². The summed E-state index contributed by atoms with van der Waals surface area (Å²) in [5.41, 5.74) is 2.78. The van der Waals surface area contributed by atoms with Gasteiger partial charge in [0, 0.05) is 7.11 Å². The third kappa shape index (κ3) is 8.89. The molecule has 1 aliphatic heterocycles.